The van der Waals surface area contributed by atoms with Gasteiger partial charge in [0.25, 0.3) is 0 Å². The molecule has 1 saturated heterocycles. The SMILES string of the molecule is OC[C@]1(O)CCCN(Cc2cc(-c3ccncc3)no2)CC1. The molecule has 1 aliphatic heterocycles. The summed E-state index contributed by atoms with van der Waals surface area (Å²) < 4.78 is 5.42. The molecule has 2 aromatic heterocycles. The van der Waals surface area contributed by atoms with E-state index in [0.29, 0.717) is 19.4 Å². The van der Waals surface area contributed by atoms with Gasteiger partial charge in [-0.15, -0.1) is 0 Å². The molecule has 6 nitrogen and oxygen atoms in total. The van der Waals surface area contributed by atoms with Gasteiger partial charge in [0.05, 0.1) is 18.8 Å². The molecule has 0 spiro atoms. The normalized spacial score (nSPS) is 23.4. The maximum Gasteiger partial charge on any atom is 0.151 e. The van der Waals surface area contributed by atoms with Gasteiger partial charge in [0.2, 0.25) is 0 Å². The van der Waals surface area contributed by atoms with Crippen LogP contribution in [0.15, 0.2) is 35.1 Å². The zero-order valence-corrected chi connectivity index (χ0v) is 12.5. The quantitative estimate of drug-likeness (QED) is 0.889. The van der Waals surface area contributed by atoms with Crippen LogP contribution in [0.2, 0.25) is 0 Å². The lowest BCUT2D eigenvalue weighted by molar-refractivity contribution is -0.0256. The first-order valence-electron chi connectivity index (χ1n) is 7.60. The maximum absolute atomic E-state index is 10.2. The fourth-order valence-corrected chi connectivity index (χ4v) is 2.82. The molecule has 6 heteroatoms. The van der Waals surface area contributed by atoms with Gasteiger partial charge in [-0.2, -0.15) is 0 Å². The average molecular weight is 303 g/mol. The van der Waals surface area contributed by atoms with E-state index in [1.54, 1.807) is 12.4 Å². The number of likely N-dealkylation sites (tertiary alicyclic amines) is 1. The number of aliphatic hydroxyl groups excluding tert-OH is 1. The minimum Gasteiger partial charge on any atom is -0.393 e. The van der Waals surface area contributed by atoms with E-state index < -0.39 is 5.60 Å². The number of nitrogens with zero attached hydrogens (tertiary/aromatic N) is 3. The molecular formula is C16H21N3O3. The third-order valence-electron chi connectivity index (χ3n) is 4.22. The zero-order chi connectivity index (χ0) is 15.4. The largest absolute Gasteiger partial charge is 0.393 e. The molecule has 3 heterocycles. The molecule has 2 aromatic rings. The molecule has 1 fully saturated rings. The van der Waals surface area contributed by atoms with Crippen molar-refractivity contribution in [1.29, 1.82) is 0 Å². The third kappa shape index (κ3) is 3.52. The van der Waals surface area contributed by atoms with Crippen molar-refractivity contribution in [3.8, 4) is 11.3 Å². The minimum atomic E-state index is -0.932. The van der Waals surface area contributed by atoms with E-state index in [4.69, 9.17) is 4.52 Å². The molecule has 2 N–H and O–H groups in total. The Morgan fingerprint density at radius 2 is 2.05 bits per heavy atom. The van der Waals surface area contributed by atoms with Crippen molar-refractivity contribution in [1.82, 2.24) is 15.0 Å². The van der Waals surface area contributed by atoms with Crippen LogP contribution in [0.25, 0.3) is 11.3 Å². The lowest BCUT2D eigenvalue weighted by atomic mass is 9.96. The molecule has 22 heavy (non-hydrogen) atoms. The summed E-state index contributed by atoms with van der Waals surface area (Å²) in [5.74, 6) is 0.807. The Kier molecular flexibility index (Phi) is 4.52. The van der Waals surface area contributed by atoms with Crippen LogP contribution >= 0.6 is 0 Å². The van der Waals surface area contributed by atoms with E-state index in [1.807, 2.05) is 18.2 Å². The summed E-state index contributed by atoms with van der Waals surface area (Å²) in [6, 6.07) is 5.74. The Balaban J connectivity index is 1.63. The number of rotatable bonds is 4. The Bertz CT molecular complexity index is 602. The highest BCUT2D eigenvalue weighted by Gasteiger charge is 2.29. The molecule has 0 aliphatic carbocycles. The average Bonchev–Trinajstić information content (AvgIpc) is 2.93. The van der Waals surface area contributed by atoms with Crippen LogP contribution in [0.5, 0.6) is 0 Å². The second kappa shape index (κ2) is 6.56. The molecule has 118 valence electrons. The third-order valence-corrected chi connectivity index (χ3v) is 4.22. The Hall–Kier alpha value is -1.76. The van der Waals surface area contributed by atoms with Crippen LogP contribution in [-0.2, 0) is 6.54 Å². The summed E-state index contributed by atoms with van der Waals surface area (Å²) in [5, 5.41) is 23.6. The van der Waals surface area contributed by atoms with Crippen molar-refractivity contribution in [2.75, 3.05) is 19.7 Å². The van der Waals surface area contributed by atoms with Gasteiger partial charge in [-0.3, -0.25) is 9.88 Å². The van der Waals surface area contributed by atoms with Gasteiger partial charge >= 0.3 is 0 Å². The van der Waals surface area contributed by atoms with Crippen molar-refractivity contribution in [2.24, 2.45) is 0 Å². The molecule has 3 rings (SSSR count). The second-order valence-electron chi connectivity index (χ2n) is 5.93. The summed E-state index contributed by atoms with van der Waals surface area (Å²) >= 11 is 0. The van der Waals surface area contributed by atoms with Gasteiger partial charge in [-0.25, -0.2) is 0 Å². The zero-order valence-electron chi connectivity index (χ0n) is 12.5. The van der Waals surface area contributed by atoms with Crippen molar-refractivity contribution >= 4 is 0 Å². The fourth-order valence-electron chi connectivity index (χ4n) is 2.82. The van der Waals surface area contributed by atoms with Crippen molar-refractivity contribution in [3.05, 3.63) is 36.4 Å². The molecule has 0 saturated carbocycles. The number of aliphatic hydroxyl groups is 2. The van der Waals surface area contributed by atoms with E-state index in [9.17, 15) is 10.2 Å². The van der Waals surface area contributed by atoms with Crippen LogP contribution < -0.4 is 0 Å². The lowest BCUT2D eigenvalue weighted by Crippen LogP contribution is -2.34. The van der Waals surface area contributed by atoms with Crippen molar-refractivity contribution < 1.29 is 14.7 Å². The van der Waals surface area contributed by atoms with Gasteiger partial charge in [0.15, 0.2) is 5.76 Å². The van der Waals surface area contributed by atoms with E-state index in [-0.39, 0.29) is 6.61 Å². The minimum absolute atomic E-state index is 0.171. The Labute approximate surface area is 129 Å². The highest BCUT2D eigenvalue weighted by atomic mass is 16.5. The smallest absolute Gasteiger partial charge is 0.151 e. The monoisotopic (exact) mass is 303 g/mol. The molecule has 0 aromatic carbocycles. The second-order valence-corrected chi connectivity index (χ2v) is 5.93. The standard InChI is InChI=1S/C16H21N3O3/c20-12-16(21)4-1-8-19(9-5-16)11-14-10-15(18-22-14)13-2-6-17-7-3-13/h2-3,6-7,10,20-21H,1,4-5,8-9,11-12H2/t16-/m0/s1. The molecular weight excluding hydrogens is 282 g/mol. The predicted octanol–water partition coefficient (Wildman–Crippen LogP) is 1.45. The predicted molar refractivity (Wildman–Crippen MR) is 80.9 cm³/mol. The van der Waals surface area contributed by atoms with E-state index >= 15 is 0 Å². The summed E-state index contributed by atoms with van der Waals surface area (Å²) in [5.41, 5.74) is 0.854. The topological polar surface area (TPSA) is 82.6 Å². The van der Waals surface area contributed by atoms with Crippen LogP contribution in [0.1, 0.15) is 25.0 Å². The lowest BCUT2D eigenvalue weighted by Gasteiger charge is -2.24. The summed E-state index contributed by atoms with van der Waals surface area (Å²) in [7, 11) is 0. The summed E-state index contributed by atoms with van der Waals surface area (Å²) in [6.45, 7) is 2.12. The van der Waals surface area contributed by atoms with Gasteiger partial charge < -0.3 is 14.7 Å². The van der Waals surface area contributed by atoms with E-state index in [2.05, 4.69) is 15.0 Å². The van der Waals surface area contributed by atoms with Crippen LogP contribution in [0.4, 0.5) is 0 Å². The van der Waals surface area contributed by atoms with Crippen LogP contribution in [0.3, 0.4) is 0 Å². The van der Waals surface area contributed by atoms with Gasteiger partial charge in [-0.1, -0.05) is 5.16 Å². The summed E-state index contributed by atoms with van der Waals surface area (Å²) in [6.07, 6.45) is 5.54. The van der Waals surface area contributed by atoms with Gasteiger partial charge in [-0.05, 0) is 37.9 Å². The molecule has 0 bridgehead atoms. The number of hydrogen-bond donors (Lipinski definition) is 2. The fraction of sp³-hybridized carbons (Fsp3) is 0.500. The molecule has 0 unspecified atom stereocenters. The van der Waals surface area contributed by atoms with Crippen LogP contribution in [0, 0.1) is 0 Å². The molecule has 0 amide bonds. The highest BCUT2D eigenvalue weighted by Crippen LogP contribution is 2.24. The molecule has 0 radical (unpaired) electrons. The number of hydrogen-bond acceptors (Lipinski definition) is 6. The first-order valence-corrected chi connectivity index (χ1v) is 7.60. The first-order chi connectivity index (χ1) is 10.7. The van der Waals surface area contributed by atoms with Crippen molar-refractivity contribution in [3.63, 3.8) is 0 Å². The van der Waals surface area contributed by atoms with Crippen LogP contribution in [-0.4, -0.2) is 50.6 Å². The highest BCUT2D eigenvalue weighted by molar-refractivity contribution is 5.57. The van der Waals surface area contributed by atoms with Gasteiger partial charge in [0, 0.05) is 30.6 Å². The summed E-state index contributed by atoms with van der Waals surface area (Å²) in [4.78, 5) is 6.22. The maximum atomic E-state index is 10.2. The Morgan fingerprint density at radius 3 is 2.82 bits per heavy atom. The molecule has 1 atom stereocenters. The van der Waals surface area contributed by atoms with Gasteiger partial charge in [0.1, 0.15) is 5.69 Å². The Morgan fingerprint density at radius 1 is 1.23 bits per heavy atom. The molecule has 1 aliphatic rings. The first kappa shape index (κ1) is 15.1. The van der Waals surface area contributed by atoms with E-state index in [0.717, 1.165) is 36.5 Å². The van der Waals surface area contributed by atoms with E-state index in [1.165, 1.54) is 0 Å². The number of pyridine rings is 1. The van der Waals surface area contributed by atoms with Crippen molar-refractivity contribution in [2.45, 2.75) is 31.4 Å². The number of aromatic nitrogens is 2.